The summed E-state index contributed by atoms with van der Waals surface area (Å²) in [4.78, 5) is 0. The molecule has 0 spiro atoms. The number of nitrogens with one attached hydrogen (secondary N) is 1. The van der Waals surface area contributed by atoms with Crippen LogP contribution in [-0.2, 0) is 0 Å². The zero-order chi connectivity index (χ0) is 15.9. The highest BCUT2D eigenvalue weighted by Gasteiger charge is 2.23. The molecule has 1 aromatic heterocycles. The lowest BCUT2D eigenvalue weighted by molar-refractivity contribution is 0.0651. The third kappa shape index (κ3) is 3.22. The molecule has 3 rings (SSSR count). The second kappa shape index (κ2) is 6.42. The van der Waals surface area contributed by atoms with Gasteiger partial charge in [0.1, 0.15) is 5.39 Å². The highest BCUT2D eigenvalue weighted by Crippen LogP contribution is 2.32. The maximum Gasteiger partial charge on any atom is 0.362 e. The van der Waals surface area contributed by atoms with Crippen LogP contribution in [0.4, 0.5) is 18.9 Å². The number of halogens is 3. The predicted molar refractivity (Wildman–Crippen MR) is 84.1 cm³/mol. The summed E-state index contributed by atoms with van der Waals surface area (Å²) in [7, 11) is 0. The largest absolute Gasteiger partial charge is 0.870 e. The molecule has 3 aromatic rings. The van der Waals surface area contributed by atoms with Gasteiger partial charge < -0.3 is 10.8 Å². The number of rotatable bonds is 3. The van der Waals surface area contributed by atoms with E-state index in [0.717, 1.165) is 10.9 Å². The molecule has 1 atom stereocenters. The number of benzene rings is 2. The van der Waals surface area contributed by atoms with Gasteiger partial charge in [-0.1, -0.05) is 0 Å². The number of alkyl halides is 3. The Morgan fingerprint density at radius 3 is 2.35 bits per heavy atom. The van der Waals surface area contributed by atoms with Crippen LogP contribution in [0.5, 0.6) is 0 Å². The summed E-state index contributed by atoms with van der Waals surface area (Å²) in [6.07, 6.45) is -5.51. The summed E-state index contributed by atoms with van der Waals surface area (Å²) in [5.41, 5.74) is 3.28. The first-order chi connectivity index (χ1) is 10.5. The van der Waals surface area contributed by atoms with Crippen LogP contribution in [0.1, 0.15) is 11.1 Å². The molecular formula is C17H16F3NO2. The van der Waals surface area contributed by atoms with Crippen LogP contribution in [0.2, 0.25) is 0 Å². The lowest BCUT2D eigenvalue weighted by Crippen LogP contribution is -2.22. The third-order valence-corrected chi connectivity index (χ3v) is 3.60. The van der Waals surface area contributed by atoms with E-state index in [1.54, 1.807) is 19.1 Å². The van der Waals surface area contributed by atoms with Crippen LogP contribution >= 0.6 is 0 Å². The van der Waals surface area contributed by atoms with E-state index in [2.05, 4.69) is 5.32 Å². The van der Waals surface area contributed by atoms with Crippen molar-refractivity contribution >= 4 is 27.6 Å². The first kappa shape index (κ1) is 17.0. The Labute approximate surface area is 131 Å². The molecule has 2 aromatic carbocycles. The molecule has 0 aliphatic rings. The van der Waals surface area contributed by atoms with E-state index >= 15 is 0 Å². The van der Waals surface area contributed by atoms with Gasteiger partial charge in [0.25, 0.3) is 6.43 Å². The lowest BCUT2D eigenvalue weighted by Gasteiger charge is -2.13. The van der Waals surface area contributed by atoms with Crippen molar-refractivity contribution in [3.8, 4) is 0 Å². The highest BCUT2D eigenvalue weighted by atomic mass is 19.3. The van der Waals surface area contributed by atoms with E-state index < -0.39 is 12.7 Å². The van der Waals surface area contributed by atoms with Crippen molar-refractivity contribution in [3.63, 3.8) is 0 Å². The van der Waals surface area contributed by atoms with Crippen LogP contribution in [0.3, 0.4) is 0 Å². The lowest BCUT2D eigenvalue weighted by atomic mass is 10.1. The van der Waals surface area contributed by atoms with Crippen LogP contribution in [0, 0.1) is 13.8 Å². The maximum absolute atomic E-state index is 13.4. The Bertz CT molecular complexity index is 852. The quantitative estimate of drug-likeness (QED) is 0.405. The van der Waals surface area contributed by atoms with Gasteiger partial charge in [0.15, 0.2) is 0 Å². The van der Waals surface area contributed by atoms with Crippen LogP contribution in [0.25, 0.3) is 21.9 Å². The van der Waals surface area contributed by atoms with Crippen LogP contribution in [0.15, 0.2) is 40.8 Å². The monoisotopic (exact) mass is 323 g/mol. The predicted octanol–water partition coefficient (Wildman–Crippen LogP) is 5.28. The number of aryl methyl sites for hydroxylation is 2. The van der Waals surface area contributed by atoms with Gasteiger partial charge in [0.05, 0.1) is 11.1 Å². The summed E-state index contributed by atoms with van der Waals surface area (Å²) < 4.78 is 44.2. The molecule has 2 N–H and O–H groups in total. The van der Waals surface area contributed by atoms with E-state index in [-0.39, 0.29) is 5.48 Å². The van der Waals surface area contributed by atoms with Gasteiger partial charge in [-0.05, 0) is 49.2 Å². The van der Waals surface area contributed by atoms with Gasteiger partial charge in [-0.15, -0.1) is 0 Å². The summed E-state index contributed by atoms with van der Waals surface area (Å²) in [6, 6.07) is 11.0. The minimum absolute atomic E-state index is 0. The number of hydrogen-bond donors (Lipinski definition) is 1. The average Bonchev–Trinajstić information content (AvgIpc) is 2.48. The van der Waals surface area contributed by atoms with Crippen molar-refractivity contribution in [1.29, 1.82) is 0 Å². The summed E-state index contributed by atoms with van der Waals surface area (Å²) in [5.74, 6) is 0. The van der Waals surface area contributed by atoms with Gasteiger partial charge in [-0.3, -0.25) is 0 Å². The van der Waals surface area contributed by atoms with E-state index in [9.17, 15) is 13.2 Å². The number of anilines is 1. The smallest absolute Gasteiger partial charge is 0.362 e. The Kier molecular flexibility index (Phi) is 4.75. The van der Waals surface area contributed by atoms with Gasteiger partial charge in [0, 0.05) is 12.1 Å². The zero-order valence-electron chi connectivity index (χ0n) is 12.6. The van der Waals surface area contributed by atoms with E-state index in [1.807, 2.05) is 31.2 Å². The zero-order valence-corrected chi connectivity index (χ0v) is 12.6. The van der Waals surface area contributed by atoms with E-state index in [1.165, 1.54) is 0 Å². The standard InChI is InChI=1S/C17H15F3NO.H2O/c1-9-3-5-13-11(7-9)8-12-14(22-13)6-4-10(2)15(12)21-17(20)16(18)19;/h3-8,16-17,21H,1-2H3;1H2/q+1;/p-1. The molecule has 0 aliphatic heterocycles. The topological polar surface area (TPSA) is 53.3 Å². The molecule has 0 radical (unpaired) electrons. The molecule has 122 valence electrons. The van der Waals surface area contributed by atoms with Crippen molar-refractivity contribution in [2.75, 3.05) is 5.32 Å². The number of hydrogen-bond acceptors (Lipinski definition) is 2. The van der Waals surface area contributed by atoms with E-state index in [0.29, 0.717) is 27.8 Å². The molecule has 23 heavy (non-hydrogen) atoms. The number of fused-ring (bicyclic) bond motifs is 2. The fourth-order valence-corrected chi connectivity index (χ4v) is 2.48. The molecule has 0 amide bonds. The Hall–Kier alpha value is -2.34. The summed E-state index contributed by atoms with van der Waals surface area (Å²) >= 11 is 0. The Balaban J connectivity index is 0.00000192. The first-order valence-corrected chi connectivity index (χ1v) is 6.91. The SMILES string of the molecule is Cc1ccc2[o+]c3ccc(C)c(NC(F)C(F)F)c3cc2c1.[OH-]. The second-order valence-electron chi connectivity index (χ2n) is 5.34. The molecular weight excluding hydrogens is 307 g/mol. The van der Waals surface area contributed by atoms with Crippen molar-refractivity contribution < 1.29 is 23.1 Å². The molecule has 0 saturated carbocycles. The summed E-state index contributed by atoms with van der Waals surface area (Å²) in [5, 5.41) is 3.68. The van der Waals surface area contributed by atoms with Crippen molar-refractivity contribution in [2.24, 2.45) is 0 Å². The average molecular weight is 323 g/mol. The molecule has 6 heteroatoms. The Morgan fingerprint density at radius 2 is 1.65 bits per heavy atom. The normalized spacial score (nSPS) is 12.4. The first-order valence-electron chi connectivity index (χ1n) is 6.91. The van der Waals surface area contributed by atoms with Crippen molar-refractivity contribution in [2.45, 2.75) is 26.6 Å². The molecule has 3 nitrogen and oxygen atoms in total. The Morgan fingerprint density at radius 1 is 0.957 bits per heavy atom. The van der Waals surface area contributed by atoms with E-state index in [4.69, 9.17) is 4.42 Å². The van der Waals surface area contributed by atoms with Gasteiger partial charge in [-0.25, -0.2) is 17.6 Å². The fourth-order valence-electron chi connectivity index (χ4n) is 2.48. The summed E-state index contributed by atoms with van der Waals surface area (Å²) in [6.45, 7) is 3.69. The fraction of sp³-hybridized carbons (Fsp3) is 0.235. The third-order valence-electron chi connectivity index (χ3n) is 3.60. The van der Waals surface area contributed by atoms with Gasteiger partial charge >= 0.3 is 11.2 Å². The molecule has 0 saturated heterocycles. The molecule has 0 bridgehead atoms. The highest BCUT2D eigenvalue weighted by molar-refractivity contribution is 5.98. The van der Waals surface area contributed by atoms with Gasteiger partial charge in [0.2, 0.25) is 6.30 Å². The van der Waals surface area contributed by atoms with Crippen molar-refractivity contribution in [1.82, 2.24) is 0 Å². The minimum atomic E-state index is -3.09. The van der Waals surface area contributed by atoms with Crippen molar-refractivity contribution in [3.05, 3.63) is 47.5 Å². The minimum Gasteiger partial charge on any atom is -0.870 e. The van der Waals surface area contributed by atoms with Crippen LogP contribution in [-0.4, -0.2) is 18.2 Å². The molecule has 1 heterocycles. The van der Waals surface area contributed by atoms with Gasteiger partial charge in [-0.2, -0.15) is 0 Å². The molecule has 0 aliphatic carbocycles. The van der Waals surface area contributed by atoms with Crippen LogP contribution < -0.4 is 5.32 Å². The molecule has 1 unspecified atom stereocenters. The molecule has 0 fully saturated rings. The maximum atomic E-state index is 13.4. The second-order valence-corrected chi connectivity index (χ2v) is 5.34.